The lowest BCUT2D eigenvalue weighted by molar-refractivity contribution is -0.141. The summed E-state index contributed by atoms with van der Waals surface area (Å²) in [6, 6.07) is 9.70. The second-order valence-corrected chi connectivity index (χ2v) is 5.85. The van der Waals surface area contributed by atoms with Crippen molar-refractivity contribution < 1.29 is 18.0 Å². The smallest absolute Gasteiger partial charge is 0.348 e. The van der Waals surface area contributed by atoms with Crippen LogP contribution >= 0.6 is 0 Å². The molecule has 2 heterocycles. The molecule has 0 saturated carbocycles. The van der Waals surface area contributed by atoms with Gasteiger partial charge in [-0.15, -0.1) is 0 Å². The molecular formula is C20H15F3N4O. The third kappa shape index (κ3) is 5.23. The van der Waals surface area contributed by atoms with Crippen LogP contribution in [0.25, 0.3) is 17.2 Å². The van der Waals surface area contributed by atoms with Crippen LogP contribution in [0.15, 0.2) is 67.4 Å². The van der Waals surface area contributed by atoms with Crippen LogP contribution in [0, 0.1) is 0 Å². The van der Waals surface area contributed by atoms with Crippen molar-refractivity contribution in [2.24, 2.45) is 0 Å². The van der Waals surface area contributed by atoms with Crippen molar-refractivity contribution in [2.75, 3.05) is 0 Å². The van der Waals surface area contributed by atoms with E-state index in [9.17, 15) is 18.0 Å². The van der Waals surface area contributed by atoms with Gasteiger partial charge in [0, 0.05) is 36.8 Å². The van der Waals surface area contributed by atoms with E-state index < -0.39 is 11.9 Å². The average Bonchev–Trinajstić information content (AvgIpc) is 2.71. The van der Waals surface area contributed by atoms with Gasteiger partial charge in [-0.25, -0.2) is 9.97 Å². The third-order valence-electron chi connectivity index (χ3n) is 3.82. The highest BCUT2D eigenvalue weighted by molar-refractivity contribution is 5.91. The van der Waals surface area contributed by atoms with Gasteiger partial charge in [-0.1, -0.05) is 30.3 Å². The number of nitrogens with zero attached hydrogens (tertiary/aromatic N) is 3. The number of hydrogen-bond acceptors (Lipinski definition) is 4. The van der Waals surface area contributed by atoms with Gasteiger partial charge in [0.25, 0.3) is 0 Å². The first-order chi connectivity index (χ1) is 13.4. The average molecular weight is 384 g/mol. The molecule has 2 aromatic heterocycles. The Kier molecular flexibility index (Phi) is 5.78. The maximum atomic E-state index is 12.5. The minimum Gasteiger partial charge on any atom is -0.348 e. The van der Waals surface area contributed by atoms with Crippen molar-refractivity contribution >= 4 is 12.0 Å². The fraction of sp³-hybridized carbons (Fsp3) is 0.100. The molecule has 0 atom stereocenters. The highest BCUT2D eigenvalue weighted by Gasteiger charge is 2.31. The topological polar surface area (TPSA) is 67.8 Å². The molecular weight excluding hydrogens is 369 g/mol. The molecule has 5 nitrogen and oxygen atoms in total. The molecule has 0 spiro atoms. The van der Waals surface area contributed by atoms with Crippen LogP contribution in [-0.4, -0.2) is 20.9 Å². The molecule has 0 aliphatic heterocycles. The highest BCUT2D eigenvalue weighted by atomic mass is 19.4. The minimum absolute atomic E-state index is 0.319. The van der Waals surface area contributed by atoms with Gasteiger partial charge in [0.15, 0.2) is 0 Å². The van der Waals surface area contributed by atoms with Gasteiger partial charge in [-0.3, -0.25) is 9.78 Å². The van der Waals surface area contributed by atoms with Gasteiger partial charge < -0.3 is 5.32 Å². The molecule has 3 aromatic rings. The Hall–Kier alpha value is -3.55. The van der Waals surface area contributed by atoms with Crippen LogP contribution in [0.5, 0.6) is 0 Å². The van der Waals surface area contributed by atoms with Gasteiger partial charge in [0.1, 0.15) is 12.0 Å². The largest absolute Gasteiger partial charge is 0.433 e. The Balaban J connectivity index is 1.53. The van der Waals surface area contributed by atoms with Crippen molar-refractivity contribution in [1.82, 2.24) is 20.3 Å². The standard InChI is InChI=1S/C20H15F3N4O/c21-20(22,23)18-7-3-15(9-26-18)4-8-19(28)27-10-14-1-5-16(6-2-14)17-11-24-13-25-12-17/h1-9,11-13H,10H2,(H,27,28). The number of benzene rings is 1. The van der Waals surface area contributed by atoms with E-state index in [1.807, 2.05) is 24.3 Å². The molecule has 0 saturated heterocycles. The summed E-state index contributed by atoms with van der Waals surface area (Å²) >= 11 is 0. The first kappa shape index (κ1) is 19.2. The van der Waals surface area contributed by atoms with Crippen LogP contribution in [0.4, 0.5) is 13.2 Å². The monoisotopic (exact) mass is 384 g/mol. The summed E-state index contributed by atoms with van der Waals surface area (Å²) in [4.78, 5) is 23.2. The van der Waals surface area contributed by atoms with E-state index in [-0.39, 0.29) is 5.91 Å². The lowest BCUT2D eigenvalue weighted by atomic mass is 10.1. The number of nitrogens with one attached hydrogen (secondary N) is 1. The van der Waals surface area contributed by atoms with Gasteiger partial charge in [0.2, 0.25) is 5.91 Å². The predicted molar refractivity (Wildman–Crippen MR) is 97.6 cm³/mol. The van der Waals surface area contributed by atoms with Gasteiger partial charge >= 0.3 is 6.18 Å². The normalized spacial score (nSPS) is 11.5. The molecule has 0 radical (unpaired) electrons. The van der Waals surface area contributed by atoms with Crippen LogP contribution in [0.3, 0.4) is 0 Å². The molecule has 142 valence electrons. The highest BCUT2D eigenvalue weighted by Crippen LogP contribution is 2.27. The maximum Gasteiger partial charge on any atom is 0.433 e. The molecule has 8 heteroatoms. The summed E-state index contributed by atoms with van der Waals surface area (Å²) in [7, 11) is 0. The van der Waals surface area contributed by atoms with Gasteiger partial charge in [0.05, 0.1) is 0 Å². The molecule has 3 rings (SSSR count). The Labute approximate surface area is 159 Å². The van der Waals surface area contributed by atoms with Crippen LogP contribution in [0.1, 0.15) is 16.8 Å². The zero-order valence-corrected chi connectivity index (χ0v) is 14.5. The number of rotatable bonds is 5. The number of carbonyl (C=O) groups is 1. The lowest BCUT2D eigenvalue weighted by Gasteiger charge is -2.05. The van der Waals surface area contributed by atoms with Crippen molar-refractivity contribution in [3.05, 3.63) is 84.2 Å². The second kappa shape index (κ2) is 8.43. The number of pyridine rings is 1. The van der Waals surface area contributed by atoms with E-state index >= 15 is 0 Å². The predicted octanol–water partition coefficient (Wildman–Crippen LogP) is 3.89. The first-order valence-corrected chi connectivity index (χ1v) is 8.25. The fourth-order valence-corrected chi connectivity index (χ4v) is 2.35. The summed E-state index contributed by atoms with van der Waals surface area (Å²) < 4.78 is 37.4. The maximum absolute atomic E-state index is 12.5. The molecule has 0 aliphatic carbocycles. The molecule has 0 aliphatic rings. The number of carbonyl (C=O) groups excluding carboxylic acids is 1. The summed E-state index contributed by atoms with van der Waals surface area (Å²) in [5.74, 6) is -0.361. The van der Waals surface area contributed by atoms with Crippen LogP contribution < -0.4 is 5.32 Å². The number of alkyl halides is 3. The summed E-state index contributed by atoms with van der Waals surface area (Å²) in [6.07, 6.45) is 4.12. The molecule has 0 fully saturated rings. The quantitative estimate of drug-likeness (QED) is 0.678. The van der Waals surface area contributed by atoms with Gasteiger partial charge in [-0.05, 0) is 28.8 Å². The van der Waals surface area contributed by atoms with Crippen molar-refractivity contribution in [2.45, 2.75) is 12.7 Å². The molecule has 0 bridgehead atoms. The lowest BCUT2D eigenvalue weighted by Crippen LogP contribution is -2.20. The number of aromatic nitrogens is 3. The zero-order chi connectivity index (χ0) is 20.0. The zero-order valence-electron chi connectivity index (χ0n) is 14.5. The van der Waals surface area contributed by atoms with Crippen molar-refractivity contribution in [1.29, 1.82) is 0 Å². The summed E-state index contributed by atoms with van der Waals surface area (Å²) in [6.45, 7) is 0.319. The Morgan fingerprint density at radius 2 is 1.68 bits per heavy atom. The number of hydrogen-bond donors (Lipinski definition) is 1. The molecule has 28 heavy (non-hydrogen) atoms. The minimum atomic E-state index is -4.48. The molecule has 1 amide bonds. The molecule has 1 aromatic carbocycles. The van der Waals surface area contributed by atoms with E-state index in [0.717, 1.165) is 29.0 Å². The Bertz CT molecular complexity index is 953. The molecule has 1 N–H and O–H groups in total. The summed E-state index contributed by atoms with van der Waals surface area (Å²) in [5.41, 5.74) is 2.19. The first-order valence-electron chi connectivity index (χ1n) is 8.25. The van der Waals surface area contributed by atoms with E-state index in [1.165, 1.54) is 24.5 Å². The van der Waals surface area contributed by atoms with Crippen molar-refractivity contribution in [3.8, 4) is 11.1 Å². The Morgan fingerprint density at radius 3 is 2.29 bits per heavy atom. The summed E-state index contributed by atoms with van der Waals surface area (Å²) in [5, 5.41) is 2.71. The van der Waals surface area contributed by atoms with Crippen LogP contribution in [-0.2, 0) is 17.5 Å². The molecule has 0 unspecified atom stereocenters. The fourth-order valence-electron chi connectivity index (χ4n) is 2.35. The van der Waals surface area contributed by atoms with E-state index in [2.05, 4.69) is 20.3 Å². The third-order valence-corrected chi connectivity index (χ3v) is 3.82. The van der Waals surface area contributed by atoms with Crippen LogP contribution in [0.2, 0.25) is 0 Å². The number of amides is 1. The van der Waals surface area contributed by atoms with E-state index in [1.54, 1.807) is 12.4 Å². The second-order valence-electron chi connectivity index (χ2n) is 5.85. The van der Waals surface area contributed by atoms with E-state index in [0.29, 0.717) is 12.1 Å². The number of halogens is 3. The SMILES string of the molecule is O=C(C=Cc1ccc(C(F)(F)F)nc1)NCc1ccc(-c2cncnc2)cc1. The van der Waals surface area contributed by atoms with Gasteiger partial charge in [-0.2, -0.15) is 13.2 Å². The Morgan fingerprint density at radius 1 is 0.964 bits per heavy atom. The van der Waals surface area contributed by atoms with E-state index in [4.69, 9.17) is 0 Å². The van der Waals surface area contributed by atoms with Crippen molar-refractivity contribution in [3.63, 3.8) is 0 Å².